The molecule has 0 aromatic carbocycles. The van der Waals surface area contributed by atoms with Crippen LogP contribution < -0.4 is 5.32 Å². The fraction of sp³-hybridized carbons (Fsp3) is 0.706. The Hall–Kier alpha value is -1.85. The van der Waals surface area contributed by atoms with Crippen molar-refractivity contribution in [1.29, 1.82) is 0 Å². The number of likely N-dealkylation sites (tertiary alicyclic amines) is 1. The van der Waals surface area contributed by atoms with E-state index in [9.17, 15) is 9.59 Å². The number of aromatic nitrogens is 2. The summed E-state index contributed by atoms with van der Waals surface area (Å²) in [6.45, 7) is 5.15. The van der Waals surface area contributed by atoms with E-state index in [1.807, 2.05) is 15.8 Å². The molecule has 0 radical (unpaired) electrons. The minimum Gasteiger partial charge on any atom is -0.352 e. The van der Waals surface area contributed by atoms with Crippen LogP contribution in [0.25, 0.3) is 0 Å². The molecule has 23 heavy (non-hydrogen) atoms. The first-order chi connectivity index (χ1) is 11.2. The zero-order valence-electron chi connectivity index (χ0n) is 14.1. The summed E-state index contributed by atoms with van der Waals surface area (Å²) in [6, 6.07) is 0. The molecule has 1 aromatic rings. The monoisotopic (exact) mass is 320 g/mol. The Bertz CT molecular complexity index is 504. The quantitative estimate of drug-likeness (QED) is 0.836. The van der Waals surface area contributed by atoms with Crippen LogP contribution in [-0.2, 0) is 22.7 Å². The number of amides is 2. The van der Waals surface area contributed by atoms with Gasteiger partial charge in [-0.1, -0.05) is 19.8 Å². The van der Waals surface area contributed by atoms with Crippen LogP contribution in [0.1, 0.15) is 57.4 Å². The molecule has 1 aliphatic heterocycles. The number of aryl methyl sites for hydroxylation is 1. The Morgan fingerprint density at radius 1 is 1.17 bits per heavy atom. The Morgan fingerprint density at radius 2 is 1.91 bits per heavy atom. The van der Waals surface area contributed by atoms with Gasteiger partial charge in [-0.15, -0.1) is 0 Å². The zero-order valence-corrected chi connectivity index (χ0v) is 14.1. The highest BCUT2D eigenvalue weighted by Crippen LogP contribution is 2.11. The molecule has 1 aromatic heterocycles. The standard InChI is InChI=1S/C17H28N4O2/c1-2-9-21-14-15(13-19-21)12-18-16(22)7-8-17(23)20-10-5-3-4-6-11-20/h13-14H,2-12H2,1H3,(H,18,22). The van der Waals surface area contributed by atoms with Crippen LogP contribution in [0.4, 0.5) is 0 Å². The lowest BCUT2D eigenvalue weighted by Crippen LogP contribution is -2.33. The van der Waals surface area contributed by atoms with Crippen molar-refractivity contribution >= 4 is 11.8 Å². The largest absolute Gasteiger partial charge is 0.352 e. The molecular weight excluding hydrogens is 292 g/mol. The zero-order chi connectivity index (χ0) is 16.5. The molecule has 0 bridgehead atoms. The minimum atomic E-state index is -0.0728. The molecule has 1 N–H and O–H groups in total. The normalized spacial score (nSPS) is 15.3. The molecular formula is C17H28N4O2. The maximum atomic E-state index is 12.1. The predicted molar refractivity (Wildman–Crippen MR) is 88.6 cm³/mol. The van der Waals surface area contributed by atoms with Crippen LogP contribution in [0, 0.1) is 0 Å². The Kier molecular flexibility index (Phi) is 7.10. The number of nitrogens with one attached hydrogen (secondary N) is 1. The summed E-state index contributed by atoms with van der Waals surface area (Å²) in [4.78, 5) is 25.9. The summed E-state index contributed by atoms with van der Waals surface area (Å²) < 4.78 is 1.88. The summed E-state index contributed by atoms with van der Waals surface area (Å²) in [5.74, 6) is 0.0363. The van der Waals surface area contributed by atoms with Crippen LogP contribution >= 0.6 is 0 Å². The molecule has 1 aliphatic rings. The summed E-state index contributed by atoms with van der Waals surface area (Å²) in [5.41, 5.74) is 0.991. The van der Waals surface area contributed by atoms with Gasteiger partial charge in [-0.2, -0.15) is 5.10 Å². The molecule has 6 heteroatoms. The van der Waals surface area contributed by atoms with Crippen LogP contribution in [0.2, 0.25) is 0 Å². The van der Waals surface area contributed by atoms with Crippen molar-refractivity contribution in [1.82, 2.24) is 20.0 Å². The van der Waals surface area contributed by atoms with Crippen molar-refractivity contribution in [3.8, 4) is 0 Å². The number of hydrogen-bond donors (Lipinski definition) is 1. The number of carbonyl (C=O) groups is 2. The van der Waals surface area contributed by atoms with E-state index in [1.165, 1.54) is 12.8 Å². The summed E-state index contributed by atoms with van der Waals surface area (Å²) in [6.07, 6.45) is 9.90. The molecule has 2 rings (SSSR count). The third kappa shape index (κ3) is 6.04. The smallest absolute Gasteiger partial charge is 0.223 e. The highest BCUT2D eigenvalue weighted by molar-refractivity contribution is 5.83. The Balaban J connectivity index is 1.66. The summed E-state index contributed by atoms with van der Waals surface area (Å²) in [7, 11) is 0. The van der Waals surface area contributed by atoms with Gasteiger partial charge in [0, 0.05) is 50.8 Å². The lowest BCUT2D eigenvalue weighted by molar-refractivity contribution is -0.133. The van der Waals surface area contributed by atoms with Crippen LogP contribution in [-0.4, -0.2) is 39.6 Å². The van der Waals surface area contributed by atoms with E-state index in [-0.39, 0.29) is 18.2 Å². The van der Waals surface area contributed by atoms with Gasteiger partial charge in [-0.05, 0) is 19.3 Å². The van der Waals surface area contributed by atoms with Gasteiger partial charge < -0.3 is 10.2 Å². The van der Waals surface area contributed by atoms with Crippen LogP contribution in [0.5, 0.6) is 0 Å². The molecule has 0 unspecified atom stereocenters. The van der Waals surface area contributed by atoms with Crippen molar-refractivity contribution in [3.63, 3.8) is 0 Å². The molecule has 0 saturated carbocycles. The third-order valence-electron chi connectivity index (χ3n) is 4.15. The van der Waals surface area contributed by atoms with E-state index in [0.29, 0.717) is 13.0 Å². The number of hydrogen-bond acceptors (Lipinski definition) is 3. The third-order valence-corrected chi connectivity index (χ3v) is 4.15. The topological polar surface area (TPSA) is 67.2 Å². The lowest BCUT2D eigenvalue weighted by atomic mass is 10.2. The van der Waals surface area contributed by atoms with E-state index < -0.39 is 0 Å². The molecule has 0 aliphatic carbocycles. The fourth-order valence-corrected chi connectivity index (χ4v) is 2.84. The van der Waals surface area contributed by atoms with Gasteiger partial charge >= 0.3 is 0 Å². The summed E-state index contributed by atoms with van der Waals surface area (Å²) >= 11 is 0. The second-order valence-corrected chi connectivity index (χ2v) is 6.18. The Morgan fingerprint density at radius 3 is 2.61 bits per heavy atom. The predicted octanol–water partition coefficient (Wildman–Crippen LogP) is 2.09. The number of nitrogens with zero attached hydrogens (tertiary/aromatic N) is 3. The molecule has 2 heterocycles. The average molecular weight is 320 g/mol. The van der Waals surface area contributed by atoms with E-state index in [2.05, 4.69) is 17.3 Å². The number of rotatable bonds is 7. The highest BCUT2D eigenvalue weighted by atomic mass is 16.2. The fourth-order valence-electron chi connectivity index (χ4n) is 2.84. The van der Waals surface area contributed by atoms with Gasteiger partial charge in [0.2, 0.25) is 11.8 Å². The van der Waals surface area contributed by atoms with Gasteiger partial charge in [-0.3, -0.25) is 14.3 Å². The van der Waals surface area contributed by atoms with Crippen molar-refractivity contribution in [2.75, 3.05) is 13.1 Å². The Labute approximate surface area is 138 Å². The molecule has 1 saturated heterocycles. The minimum absolute atomic E-state index is 0.0728. The van der Waals surface area contributed by atoms with Gasteiger partial charge in [0.15, 0.2) is 0 Å². The molecule has 128 valence electrons. The number of carbonyl (C=O) groups excluding carboxylic acids is 2. The molecule has 0 atom stereocenters. The first kappa shape index (κ1) is 17.5. The van der Waals surface area contributed by atoms with Crippen LogP contribution in [0.15, 0.2) is 12.4 Å². The molecule has 2 amide bonds. The second-order valence-electron chi connectivity index (χ2n) is 6.18. The first-order valence-electron chi connectivity index (χ1n) is 8.75. The molecule has 6 nitrogen and oxygen atoms in total. The summed E-state index contributed by atoms with van der Waals surface area (Å²) in [5, 5.41) is 7.09. The molecule has 1 fully saturated rings. The van der Waals surface area contributed by atoms with E-state index in [0.717, 1.165) is 44.5 Å². The van der Waals surface area contributed by atoms with Gasteiger partial charge in [0.25, 0.3) is 0 Å². The van der Waals surface area contributed by atoms with Gasteiger partial charge in [0.05, 0.1) is 6.20 Å². The van der Waals surface area contributed by atoms with Gasteiger partial charge in [-0.25, -0.2) is 0 Å². The van der Waals surface area contributed by atoms with E-state index >= 15 is 0 Å². The van der Waals surface area contributed by atoms with Crippen molar-refractivity contribution in [2.24, 2.45) is 0 Å². The molecule has 0 spiro atoms. The second kappa shape index (κ2) is 9.33. The average Bonchev–Trinajstić information content (AvgIpc) is 2.82. The highest BCUT2D eigenvalue weighted by Gasteiger charge is 2.16. The van der Waals surface area contributed by atoms with Gasteiger partial charge in [0.1, 0.15) is 0 Å². The van der Waals surface area contributed by atoms with Crippen LogP contribution in [0.3, 0.4) is 0 Å². The first-order valence-corrected chi connectivity index (χ1v) is 8.75. The maximum absolute atomic E-state index is 12.1. The lowest BCUT2D eigenvalue weighted by Gasteiger charge is -2.20. The van der Waals surface area contributed by atoms with E-state index in [1.54, 1.807) is 6.20 Å². The van der Waals surface area contributed by atoms with E-state index in [4.69, 9.17) is 0 Å². The van der Waals surface area contributed by atoms with Crippen molar-refractivity contribution in [3.05, 3.63) is 18.0 Å². The SMILES string of the molecule is CCCn1cc(CNC(=O)CCC(=O)N2CCCCCC2)cn1. The van der Waals surface area contributed by atoms with Crippen molar-refractivity contribution in [2.45, 2.75) is 65.0 Å². The maximum Gasteiger partial charge on any atom is 0.223 e. The van der Waals surface area contributed by atoms with Crippen molar-refractivity contribution < 1.29 is 9.59 Å².